The van der Waals surface area contributed by atoms with E-state index in [0.717, 1.165) is 25.7 Å². The van der Waals surface area contributed by atoms with Crippen LogP contribution in [0.15, 0.2) is 18.2 Å². The second-order valence-electron chi connectivity index (χ2n) is 5.01. The van der Waals surface area contributed by atoms with E-state index in [1.54, 1.807) is 18.2 Å². The fourth-order valence-corrected chi connectivity index (χ4v) is 2.85. The zero-order valence-corrected chi connectivity index (χ0v) is 12.0. The number of amides is 1. The highest BCUT2D eigenvalue weighted by Crippen LogP contribution is 2.24. The van der Waals surface area contributed by atoms with E-state index in [-0.39, 0.29) is 12.0 Å². The quantitative estimate of drug-likeness (QED) is 0.900. The first kappa shape index (κ1) is 14.6. The third-order valence-electron chi connectivity index (χ3n) is 3.54. The van der Waals surface area contributed by atoms with Gasteiger partial charge in [-0.05, 0) is 49.8 Å². The molecular formula is C14H17Cl2NO2. The maximum atomic E-state index is 12.0. The lowest BCUT2D eigenvalue weighted by Crippen LogP contribution is -2.32. The van der Waals surface area contributed by atoms with Crippen LogP contribution in [0.25, 0.3) is 0 Å². The fourth-order valence-electron chi connectivity index (χ4n) is 2.35. The minimum absolute atomic E-state index is 0.169. The van der Waals surface area contributed by atoms with Gasteiger partial charge in [0, 0.05) is 11.6 Å². The van der Waals surface area contributed by atoms with Crippen LogP contribution in [-0.2, 0) is 0 Å². The molecule has 2 N–H and O–H groups in total. The molecule has 19 heavy (non-hydrogen) atoms. The molecule has 1 aromatic rings. The molecule has 5 heteroatoms. The van der Waals surface area contributed by atoms with Crippen molar-refractivity contribution in [2.24, 2.45) is 5.92 Å². The molecule has 1 aliphatic rings. The molecule has 1 aromatic carbocycles. The van der Waals surface area contributed by atoms with Crippen LogP contribution in [0, 0.1) is 5.92 Å². The summed E-state index contributed by atoms with van der Waals surface area (Å²) in [6, 6.07) is 4.85. The zero-order chi connectivity index (χ0) is 13.8. The van der Waals surface area contributed by atoms with Gasteiger partial charge >= 0.3 is 0 Å². The van der Waals surface area contributed by atoms with Gasteiger partial charge in [0.25, 0.3) is 5.91 Å². The highest BCUT2D eigenvalue weighted by molar-refractivity contribution is 6.36. The Morgan fingerprint density at radius 1 is 1.26 bits per heavy atom. The molecule has 104 valence electrons. The average molecular weight is 302 g/mol. The summed E-state index contributed by atoms with van der Waals surface area (Å²) in [5.74, 6) is 0.270. The molecule has 0 aliphatic heterocycles. The van der Waals surface area contributed by atoms with Gasteiger partial charge in [-0.2, -0.15) is 0 Å². The molecule has 0 heterocycles. The molecule has 0 unspecified atom stereocenters. The predicted octanol–water partition coefficient (Wildman–Crippen LogP) is 3.27. The van der Waals surface area contributed by atoms with Gasteiger partial charge in [-0.15, -0.1) is 0 Å². The summed E-state index contributed by atoms with van der Waals surface area (Å²) in [4.78, 5) is 12.0. The largest absolute Gasteiger partial charge is 0.393 e. The van der Waals surface area contributed by atoms with Crippen molar-refractivity contribution in [1.82, 2.24) is 5.32 Å². The first-order valence-corrected chi connectivity index (χ1v) is 7.23. The van der Waals surface area contributed by atoms with Crippen LogP contribution in [0.5, 0.6) is 0 Å². The number of hydrogen-bond donors (Lipinski definition) is 2. The van der Waals surface area contributed by atoms with Crippen molar-refractivity contribution in [1.29, 1.82) is 0 Å². The zero-order valence-electron chi connectivity index (χ0n) is 10.5. The van der Waals surface area contributed by atoms with Gasteiger partial charge in [-0.25, -0.2) is 0 Å². The highest BCUT2D eigenvalue weighted by Gasteiger charge is 2.20. The van der Waals surface area contributed by atoms with Gasteiger partial charge in [0.15, 0.2) is 0 Å². The van der Waals surface area contributed by atoms with Crippen LogP contribution in [0.1, 0.15) is 36.0 Å². The minimum Gasteiger partial charge on any atom is -0.393 e. The topological polar surface area (TPSA) is 49.3 Å². The monoisotopic (exact) mass is 301 g/mol. The Bertz CT molecular complexity index is 457. The number of benzene rings is 1. The lowest BCUT2D eigenvalue weighted by atomic mass is 9.87. The van der Waals surface area contributed by atoms with E-state index in [2.05, 4.69) is 5.32 Å². The number of carbonyl (C=O) groups excluding carboxylic acids is 1. The molecule has 2 rings (SSSR count). The summed E-state index contributed by atoms with van der Waals surface area (Å²) in [6.07, 6.45) is 3.38. The second-order valence-corrected chi connectivity index (χ2v) is 5.85. The minimum atomic E-state index is -0.173. The van der Waals surface area contributed by atoms with Gasteiger partial charge in [-0.3, -0.25) is 4.79 Å². The third-order valence-corrected chi connectivity index (χ3v) is 4.09. The Hall–Kier alpha value is -0.770. The Morgan fingerprint density at radius 2 is 1.95 bits per heavy atom. The normalized spacial score (nSPS) is 23.1. The lowest BCUT2D eigenvalue weighted by Gasteiger charge is -2.25. The number of aliphatic hydroxyl groups is 1. The van der Waals surface area contributed by atoms with Crippen LogP contribution in [0.2, 0.25) is 10.0 Å². The van der Waals surface area contributed by atoms with Crippen LogP contribution >= 0.6 is 23.2 Å². The summed E-state index contributed by atoms with van der Waals surface area (Å²) in [7, 11) is 0. The van der Waals surface area contributed by atoms with E-state index in [1.807, 2.05) is 0 Å². The molecule has 3 nitrogen and oxygen atoms in total. The number of aliphatic hydroxyl groups excluding tert-OH is 1. The molecule has 1 aliphatic carbocycles. The van der Waals surface area contributed by atoms with Gasteiger partial charge in [0.05, 0.1) is 16.7 Å². The smallest absolute Gasteiger partial charge is 0.252 e. The molecule has 0 spiro atoms. The van der Waals surface area contributed by atoms with Gasteiger partial charge in [0.1, 0.15) is 0 Å². The summed E-state index contributed by atoms with van der Waals surface area (Å²) < 4.78 is 0. The van der Waals surface area contributed by atoms with Crippen molar-refractivity contribution in [3.8, 4) is 0 Å². The molecule has 0 bridgehead atoms. The molecule has 1 fully saturated rings. The van der Waals surface area contributed by atoms with Crippen molar-refractivity contribution in [2.75, 3.05) is 6.54 Å². The fraction of sp³-hybridized carbons (Fsp3) is 0.500. The summed E-state index contributed by atoms with van der Waals surface area (Å²) in [5, 5.41) is 13.2. The first-order chi connectivity index (χ1) is 9.06. The maximum absolute atomic E-state index is 12.0. The molecule has 0 aromatic heterocycles. The number of hydrogen-bond acceptors (Lipinski definition) is 2. The van der Waals surface area contributed by atoms with Crippen molar-refractivity contribution < 1.29 is 9.90 Å². The standard InChI is InChI=1S/C14H17Cl2NO2/c15-10-3-6-12(13(16)7-10)14(19)17-8-9-1-4-11(18)5-2-9/h3,6-7,9,11,18H,1-2,4-5,8H2,(H,17,19). The Balaban J connectivity index is 1.87. The Kier molecular flexibility index (Phi) is 5.08. The van der Waals surface area contributed by atoms with Crippen molar-refractivity contribution in [3.05, 3.63) is 33.8 Å². The number of nitrogens with one attached hydrogen (secondary N) is 1. The second kappa shape index (κ2) is 6.60. The van der Waals surface area contributed by atoms with Crippen molar-refractivity contribution in [3.63, 3.8) is 0 Å². The van der Waals surface area contributed by atoms with Crippen LogP contribution in [0.4, 0.5) is 0 Å². The van der Waals surface area contributed by atoms with Crippen LogP contribution in [-0.4, -0.2) is 23.7 Å². The van der Waals surface area contributed by atoms with E-state index in [9.17, 15) is 9.90 Å². The van der Waals surface area contributed by atoms with E-state index in [4.69, 9.17) is 23.2 Å². The molecule has 0 saturated heterocycles. The van der Waals surface area contributed by atoms with Gasteiger partial charge in [-0.1, -0.05) is 23.2 Å². The number of carbonyl (C=O) groups is 1. The molecular weight excluding hydrogens is 285 g/mol. The maximum Gasteiger partial charge on any atom is 0.252 e. The van der Waals surface area contributed by atoms with Crippen LogP contribution < -0.4 is 5.32 Å². The van der Waals surface area contributed by atoms with E-state index >= 15 is 0 Å². The molecule has 1 saturated carbocycles. The predicted molar refractivity (Wildman–Crippen MR) is 76.8 cm³/mol. The first-order valence-electron chi connectivity index (χ1n) is 6.47. The van der Waals surface area contributed by atoms with Crippen molar-refractivity contribution >= 4 is 29.1 Å². The number of rotatable bonds is 3. The SMILES string of the molecule is O=C(NCC1CCC(O)CC1)c1ccc(Cl)cc1Cl. The van der Waals surface area contributed by atoms with E-state index in [0.29, 0.717) is 28.1 Å². The molecule has 0 atom stereocenters. The molecule has 1 amide bonds. The third kappa shape index (κ3) is 4.10. The number of halogens is 2. The van der Waals surface area contributed by atoms with E-state index in [1.165, 1.54) is 0 Å². The molecule has 0 radical (unpaired) electrons. The lowest BCUT2D eigenvalue weighted by molar-refractivity contribution is 0.0910. The van der Waals surface area contributed by atoms with Gasteiger partial charge < -0.3 is 10.4 Å². The summed E-state index contributed by atoms with van der Waals surface area (Å²) in [6.45, 7) is 0.629. The van der Waals surface area contributed by atoms with Gasteiger partial charge in [0.2, 0.25) is 0 Å². The Morgan fingerprint density at radius 3 is 2.58 bits per heavy atom. The summed E-state index contributed by atoms with van der Waals surface area (Å²) >= 11 is 11.8. The highest BCUT2D eigenvalue weighted by atomic mass is 35.5. The van der Waals surface area contributed by atoms with E-state index < -0.39 is 0 Å². The summed E-state index contributed by atoms with van der Waals surface area (Å²) in [5.41, 5.74) is 0.446. The average Bonchev–Trinajstić information content (AvgIpc) is 2.37. The van der Waals surface area contributed by atoms with Crippen molar-refractivity contribution in [2.45, 2.75) is 31.8 Å². The Labute approximate surface area is 122 Å². The van der Waals surface area contributed by atoms with Crippen LogP contribution in [0.3, 0.4) is 0 Å².